The Morgan fingerprint density at radius 3 is 2.44 bits per heavy atom. The topological polar surface area (TPSA) is 226 Å². The second kappa shape index (κ2) is 22.1. The maximum absolute atomic E-state index is 14.7. The highest BCUT2D eigenvalue weighted by molar-refractivity contribution is 6.26. The average Bonchev–Trinajstić information content (AvgIpc) is 3.53. The summed E-state index contributed by atoms with van der Waals surface area (Å²) in [5, 5.41) is 32.9. The normalized spacial score (nSPS) is 25.7. The van der Waals surface area contributed by atoms with E-state index in [0.717, 1.165) is 13.7 Å². The maximum Gasteiger partial charge on any atom is 0.312 e. The number of hydrogen-bond acceptors (Lipinski definition) is 16. The largest absolute Gasteiger partial charge is 0.505 e. The molecule has 1 aromatic heterocycles. The van der Waals surface area contributed by atoms with Crippen molar-refractivity contribution in [2.75, 3.05) is 60.0 Å². The number of amides is 1. The number of ether oxygens (including phenoxy) is 6. The summed E-state index contributed by atoms with van der Waals surface area (Å²) in [6.07, 6.45) is 6.26. The van der Waals surface area contributed by atoms with Gasteiger partial charge in [0.15, 0.2) is 22.3 Å². The van der Waals surface area contributed by atoms with E-state index >= 15 is 0 Å². The number of carbonyl (C=O) groups is 3. The van der Waals surface area contributed by atoms with Crippen LogP contribution < -0.4 is 20.2 Å². The molecule has 0 aliphatic carbocycles. The zero-order valence-electron chi connectivity index (χ0n) is 39.6. The van der Waals surface area contributed by atoms with Gasteiger partial charge < -0.3 is 58.4 Å². The number of esters is 1. The lowest BCUT2D eigenvalue weighted by atomic mass is 9.86. The number of phenols is 1. The SMILES string of the molecule is CO.CO[C@H]1/C=C/O[C@@]2(C)Oc3c(C)c(=O)c4c(O)c(c5oc6cc(OCCOCCN(C)C)ccc6nc5c4c3C2=O)NC(=O)/C(C)=C\C=C\C(C)C[C@@H](C)CC(O)C(OC(C)=O)[C@@H]1C. The van der Waals surface area contributed by atoms with Gasteiger partial charge in [-0.1, -0.05) is 39.0 Å². The quantitative estimate of drug-likeness (QED) is 0.0472. The highest BCUT2D eigenvalue weighted by Gasteiger charge is 2.49. The van der Waals surface area contributed by atoms with Crippen molar-refractivity contribution in [3.05, 3.63) is 75.7 Å². The number of aromatic nitrogens is 1. The molecular weight excluding hydrogens is 855 g/mol. The fourth-order valence-electron chi connectivity index (χ4n) is 8.19. The van der Waals surface area contributed by atoms with Gasteiger partial charge in [0, 0.05) is 63.1 Å². The minimum absolute atomic E-state index is 0.000906. The van der Waals surface area contributed by atoms with Crippen LogP contribution in [0.4, 0.5) is 5.69 Å². The number of fused-ring (bicyclic) bond motifs is 2. The van der Waals surface area contributed by atoms with Crippen LogP contribution in [0.3, 0.4) is 0 Å². The number of phenolic OH excluding ortho intramolecular Hbond substituents is 1. The van der Waals surface area contributed by atoms with Gasteiger partial charge in [0.2, 0.25) is 0 Å². The number of aromatic hydroxyl groups is 1. The highest BCUT2D eigenvalue weighted by atomic mass is 16.7. The first kappa shape index (κ1) is 51.1. The van der Waals surface area contributed by atoms with Gasteiger partial charge in [0.25, 0.3) is 11.7 Å². The molecule has 0 spiro atoms. The molecular formula is C49H63N3O14. The summed E-state index contributed by atoms with van der Waals surface area (Å²) in [5.41, 5.74) is -0.336. The Morgan fingerprint density at radius 1 is 1.03 bits per heavy atom. The van der Waals surface area contributed by atoms with Gasteiger partial charge >= 0.3 is 11.8 Å². The number of likely N-dealkylation sites (N-methyl/N-ethyl adjacent to an activating group) is 1. The number of anilines is 1. The molecule has 0 saturated heterocycles. The second-order valence-electron chi connectivity index (χ2n) is 17.2. The zero-order valence-corrected chi connectivity index (χ0v) is 39.6. The summed E-state index contributed by atoms with van der Waals surface area (Å²) in [7, 11) is 6.37. The van der Waals surface area contributed by atoms with Crippen molar-refractivity contribution in [1.82, 2.24) is 9.88 Å². The molecule has 0 radical (unpaired) electrons. The van der Waals surface area contributed by atoms with Crippen LogP contribution in [0.1, 0.15) is 70.3 Å². The van der Waals surface area contributed by atoms with Crippen molar-refractivity contribution in [3.8, 4) is 17.2 Å². The molecule has 4 N–H and O–H groups in total. The van der Waals surface area contributed by atoms with Crippen molar-refractivity contribution in [2.24, 2.45) is 17.8 Å². The molecule has 3 unspecified atom stereocenters. The third kappa shape index (κ3) is 11.2. The molecule has 17 nitrogen and oxygen atoms in total. The third-order valence-electron chi connectivity index (χ3n) is 11.6. The number of aliphatic hydroxyl groups is 2. The Labute approximate surface area is 383 Å². The van der Waals surface area contributed by atoms with E-state index in [1.807, 2.05) is 38.9 Å². The number of nitrogens with one attached hydrogen (secondary N) is 1. The Morgan fingerprint density at radius 2 is 1.76 bits per heavy atom. The van der Waals surface area contributed by atoms with Gasteiger partial charge in [-0.05, 0) is 70.8 Å². The Balaban J connectivity index is 0.00000403. The van der Waals surface area contributed by atoms with E-state index in [0.29, 0.717) is 37.3 Å². The van der Waals surface area contributed by atoms with Crippen molar-refractivity contribution < 1.29 is 62.5 Å². The molecule has 358 valence electrons. The summed E-state index contributed by atoms with van der Waals surface area (Å²) in [5.74, 6) is -4.75. The van der Waals surface area contributed by atoms with E-state index < -0.39 is 58.9 Å². The second-order valence-corrected chi connectivity index (χ2v) is 17.2. The molecule has 17 heteroatoms. The third-order valence-corrected chi connectivity index (χ3v) is 11.6. The predicted molar refractivity (Wildman–Crippen MR) is 249 cm³/mol. The molecule has 1 amide bonds. The van der Waals surface area contributed by atoms with E-state index in [-0.39, 0.29) is 74.0 Å². The van der Waals surface area contributed by atoms with Gasteiger partial charge in [0.05, 0.1) is 42.6 Å². The van der Waals surface area contributed by atoms with Crippen molar-refractivity contribution in [1.29, 1.82) is 0 Å². The van der Waals surface area contributed by atoms with Gasteiger partial charge in [-0.25, -0.2) is 4.98 Å². The standard InChI is InChI=1S/C48H59N3O13.CH4O/c1-25-12-11-13-27(3)47(57)50-40-42(55)37-36(39-45(40)63-35-24-31(14-15-32(35)49-39)60-21-20-59-19-17-51(8)9)38-44(29(5)41(37)54)64-48(7,46(38)56)61-18-16-34(58-10)28(4)43(62-30(6)52)33(53)23-26(2)22-25;1-2/h11-16,18,24-26,28,33-34,43,53,55H,17,19-23H2,1-10H3,(H,50,57);2H,1H3/b12-11+,18-16+,27-13-;/t25?,26-,28-,33?,34+,43?,48+;/m1./s1. The highest BCUT2D eigenvalue weighted by Crippen LogP contribution is 2.48. The maximum atomic E-state index is 14.7. The minimum Gasteiger partial charge on any atom is -0.505 e. The van der Waals surface area contributed by atoms with Crippen LogP contribution in [0.15, 0.2) is 63.6 Å². The van der Waals surface area contributed by atoms with Crippen LogP contribution in [0.25, 0.3) is 33.0 Å². The molecule has 3 aromatic carbocycles. The lowest BCUT2D eigenvalue weighted by Gasteiger charge is -2.33. The first-order valence-corrected chi connectivity index (χ1v) is 21.9. The number of methoxy groups -OCH3 is 1. The zero-order chi connectivity index (χ0) is 48.6. The number of nitrogens with zero attached hydrogens (tertiary/aromatic N) is 2. The van der Waals surface area contributed by atoms with Crippen LogP contribution in [-0.4, -0.2) is 122 Å². The smallest absolute Gasteiger partial charge is 0.312 e. The van der Waals surface area contributed by atoms with E-state index in [4.69, 9.17) is 42.9 Å². The van der Waals surface area contributed by atoms with Crippen LogP contribution in [-0.2, 0) is 28.5 Å². The van der Waals surface area contributed by atoms with Gasteiger partial charge in [-0.3, -0.25) is 19.2 Å². The number of benzene rings is 3. The fourth-order valence-corrected chi connectivity index (χ4v) is 8.19. The predicted octanol–water partition coefficient (Wildman–Crippen LogP) is 6.35. The lowest BCUT2D eigenvalue weighted by molar-refractivity contribution is -0.160. The van der Waals surface area contributed by atoms with E-state index in [1.165, 1.54) is 40.2 Å². The number of carbonyl (C=O) groups excluding carboxylic acids is 3. The van der Waals surface area contributed by atoms with Crippen LogP contribution in [0, 0.1) is 24.7 Å². The Bertz CT molecular complexity index is 2580. The molecule has 3 heterocycles. The fraction of sp³-hybridized carbons (Fsp3) is 0.490. The van der Waals surface area contributed by atoms with Gasteiger partial charge in [0.1, 0.15) is 40.9 Å². The van der Waals surface area contributed by atoms with Crippen LogP contribution >= 0.6 is 0 Å². The number of Topliss-reactive ketones (excluding diaryl/α,β-unsaturated/α-hetero) is 1. The molecule has 7 atom stereocenters. The Hall–Kier alpha value is -5.85. The summed E-state index contributed by atoms with van der Waals surface area (Å²) < 4.78 is 41.7. The molecule has 4 aromatic rings. The molecule has 4 bridgehead atoms. The average molecular weight is 918 g/mol. The first-order chi connectivity index (χ1) is 31.3. The molecule has 66 heavy (non-hydrogen) atoms. The lowest BCUT2D eigenvalue weighted by Crippen LogP contribution is -2.42. The van der Waals surface area contributed by atoms with Gasteiger partial charge in [-0.15, -0.1) is 0 Å². The number of allylic oxidation sites excluding steroid dienone is 3. The first-order valence-electron chi connectivity index (χ1n) is 21.9. The van der Waals surface area contributed by atoms with E-state index in [9.17, 15) is 29.4 Å². The van der Waals surface area contributed by atoms with Crippen molar-refractivity contribution in [3.63, 3.8) is 0 Å². The molecule has 2 aliphatic heterocycles. The van der Waals surface area contributed by atoms with Crippen molar-refractivity contribution >= 4 is 56.3 Å². The summed E-state index contributed by atoms with van der Waals surface area (Å²) in [4.78, 5) is 62.1. The van der Waals surface area contributed by atoms with Crippen LogP contribution in [0.2, 0.25) is 0 Å². The van der Waals surface area contributed by atoms with E-state index in [2.05, 4.69) is 5.32 Å². The number of rotatable bonds is 9. The molecule has 0 fully saturated rings. The summed E-state index contributed by atoms with van der Waals surface area (Å²) in [6, 6.07) is 4.95. The number of ketones is 1. The number of hydrogen-bond donors (Lipinski definition) is 4. The van der Waals surface area contributed by atoms with E-state index in [1.54, 1.807) is 44.2 Å². The van der Waals surface area contributed by atoms with Gasteiger partial charge in [-0.2, -0.15) is 0 Å². The minimum atomic E-state index is -2.03. The Kier molecular flexibility index (Phi) is 17.1. The van der Waals surface area contributed by atoms with Crippen LogP contribution in [0.5, 0.6) is 17.2 Å². The number of aliphatic hydroxyl groups excluding tert-OH is 2. The molecule has 6 rings (SSSR count). The van der Waals surface area contributed by atoms with Crippen molar-refractivity contribution in [2.45, 2.75) is 85.4 Å². The molecule has 2 aliphatic rings. The molecule has 0 saturated carbocycles. The monoisotopic (exact) mass is 917 g/mol. The summed E-state index contributed by atoms with van der Waals surface area (Å²) >= 11 is 0. The summed E-state index contributed by atoms with van der Waals surface area (Å²) in [6.45, 7) is 13.4.